The van der Waals surface area contributed by atoms with Gasteiger partial charge < -0.3 is 4.74 Å². The van der Waals surface area contributed by atoms with E-state index in [1.807, 2.05) is 0 Å². The molecule has 0 N–H and O–H groups in total. The summed E-state index contributed by atoms with van der Waals surface area (Å²) in [6, 6.07) is 0. The highest BCUT2D eigenvalue weighted by molar-refractivity contribution is 4.51. The zero-order valence-electron chi connectivity index (χ0n) is 11.3. The predicted molar refractivity (Wildman–Crippen MR) is 72.5 cm³/mol. The van der Waals surface area contributed by atoms with Crippen LogP contribution in [-0.2, 0) is 4.74 Å². The molecule has 0 heterocycles. The molecule has 0 radical (unpaired) electrons. The fraction of sp³-hybridized carbons (Fsp3) is 0.867. The molecule has 0 fully saturated rings. The van der Waals surface area contributed by atoms with Crippen LogP contribution < -0.4 is 0 Å². The summed E-state index contributed by atoms with van der Waals surface area (Å²) < 4.78 is 5.08. The van der Waals surface area contributed by atoms with E-state index in [1.165, 1.54) is 64.0 Å². The predicted octanol–water partition coefficient (Wildman–Crippen LogP) is 5.31. The van der Waals surface area contributed by atoms with Crippen LogP contribution in [0.5, 0.6) is 0 Å². The van der Waals surface area contributed by atoms with Gasteiger partial charge in [0.25, 0.3) is 0 Å². The third kappa shape index (κ3) is 13.5. The largest absolute Gasteiger partial charge is 0.502 e. The molecule has 0 saturated heterocycles. The van der Waals surface area contributed by atoms with Crippen LogP contribution in [0.2, 0.25) is 0 Å². The second-order valence-corrected chi connectivity index (χ2v) is 5.05. The summed E-state index contributed by atoms with van der Waals surface area (Å²) in [6.45, 7) is 8.99. The molecule has 0 spiro atoms. The molecule has 1 nitrogen and oxygen atoms in total. The highest BCUT2D eigenvalue weighted by atomic mass is 16.5. The summed E-state index contributed by atoms with van der Waals surface area (Å²) in [5.74, 6) is 0.880. The minimum Gasteiger partial charge on any atom is -0.502 e. The van der Waals surface area contributed by atoms with Crippen LogP contribution in [0.25, 0.3) is 0 Å². The molecule has 96 valence electrons. The molecule has 0 aromatic rings. The minimum absolute atomic E-state index is 0.845. The summed E-state index contributed by atoms with van der Waals surface area (Å²) in [7, 11) is 0. The van der Waals surface area contributed by atoms with Gasteiger partial charge in [-0.15, -0.1) is 0 Å². The van der Waals surface area contributed by atoms with Gasteiger partial charge in [-0.2, -0.15) is 0 Å². The molecule has 0 aliphatic heterocycles. The van der Waals surface area contributed by atoms with Crippen molar-refractivity contribution in [2.24, 2.45) is 5.92 Å². The molecule has 0 unspecified atom stereocenters. The number of hydrogen-bond acceptors (Lipinski definition) is 1. The Bertz CT molecular complexity index is 140. The SMILES string of the molecule is C=COCCCCCCCCCCC(C)C. The van der Waals surface area contributed by atoms with Crippen LogP contribution in [0.4, 0.5) is 0 Å². The molecular formula is C15H30O. The third-order valence-electron chi connectivity index (χ3n) is 2.91. The molecule has 0 aromatic heterocycles. The molecule has 0 bridgehead atoms. The van der Waals surface area contributed by atoms with Crippen LogP contribution >= 0.6 is 0 Å². The maximum absolute atomic E-state index is 5.08. The second-order valence-electron chi connectivity index (χ2n) is 5.05. The Balaban J connectivity index is 2.90. The number of rotatable bonds is 12. The van der Waals surface area contributed by atoms with E-state index >= 15 is 0 Å². The zero-order valence-corrected chi connectivity index (χ0v) is 11.3. The highest BCUT2D eigenvalue weighted by Gasteiger charge is 1.95. The fourth-order valence-corrected chi connectivity index (χ4v) is 1.88. The van der Waals surface area contributed by atoms with Crippen LogP contribution in [0, 0.1) is 5.92 Å². The molecule has 1 heteroatoms. The zero-order chi connectivity index (χ0) is 12.1. The van der Waals surface area contributed by atoms with Gasteiger partial charge in [-0.3, -0.25) is 0 Å². The Morgan fingerprint density at radius 3 is 1.88 bits per heavy atom. The number of ether oxygens (including phenoxy) is 1. The molecule has 0 atom stereocenters. The topological polar surface area (TPSA) is 9.23 Å². The van der Waals surface area contributed by atoms with Gasteiger partial charge in [0.1, 0.15) is 0 Å². The third-order valence-corrected chi connectivity index (χ3v) is 2.91. The van der Waals surface area contributed by atoms with Crippen molar-refractivity contribution in [3.05, 3.63) is 12.8 Å². The van der Waals surface area contributed by atoms with Gasteiger partial charge in [-0.1, -0.05) is 71.8 Å². The lowest BCUT2D eigenvalue weighted by Gasteiger charge is -2.04. The Labute approximate surface area is 102 Å². The molecule has 16 heavy (non-hydrogen) atoms. The molecule has 0 saturated carbocycles. The number of hydrogen-bond donors (Lipinski definition) is 0. The average molecular weight is 226 g/mol. The summed E-state index contributed by atoms with van der Waals surface area (Å²) >= 11 is 0. The fourth-order valence-electron chi connectivity index (χ4n) is 1.88. The van der Waals surface area contributed by atoms with E-state index in [4.69, 9.17) is 4.74 Å². The van der Waals surface area contributed by atoms with E-state index < -0.39 is 0 Å². The Morgan fingerprint density at radius 2 is 1.38 bits per heavy atom. The van der Waals surface area contributed by atoms with Gasteiger partial charge in [0, 0.05) is 0 Å². The van der Waals surface area contributed by atoms with Gasteiger partial charge in [0.05, 0.1) is 12.9 Å². The van der Waals surface area contributed by atoms with Crippen molar-refractivity contribution in [3.8, 4) is 0 Å². The maximum atomic E-state index is 5.08. The minimum atomic E-state index is 0.845. The molecular weight excluding hydrogens is 196 g/mol. The average Bonchev–Trinajstić information content (AvgIpc) is 2.25. The summed E-state index contributed by atoms with van der Waals surface area (Å²) in [6.07, 6.45) is 13.9. The van der Waals surface area contributed by atoms with Gasteiger partial charge in [-0.05, 0) is 12.3 Å². The molecule has 0 aliphatic rings. The monoisotopic (exact) mass is 226 g/mol. The van der Waals surface area contributed by atoms with Crippen LogP contribution in [0.1, 0.15) is 71.6 Å². The van der Waals surface area contributed by atoms with Crippen molar-refractivity contribution in [1.29, 1.82) is 0 Å². The lowest BCUT2D eigenvalue weighted by atomic mass is 10.0. The van der Waals surface area contributed by atoms with E-state index in [1.54, 1.807) is 0 Å². The highest BCUT2D eigenvalue weighted by Crippen LogP contribution is 2.12. The number of unbranched alkanes of at least 4 members (excludes halogenated alkanes) is 7. The standard InChI is InChI=1S/C15H30O/c1-4-16-14-12-10-8-6-5-7-9-11-13-15(2)3/h4,15H,1,5-14H2,2-3H3. The maximum Gasteiger partial charge on any atom is 0.0873 e. The van der Waals surface area contributed by atoms with Crippen LogP contribution in [-0.4, -0.2) is 6.61 Å². The Hall–Kier alpha value is -0.460. The molecule has 0 rings (SSSR count). The molecule has 0 amide bonds. The second kappa shape index (κ2) is 12.6. The van der Waals surface area contributed by atoms with E-state index in [9.17, 15) is 0 Å². The van der Waals surface area contributed by atoms with E-state index in [-0.39, 0.29) is 0 Å². The van der Waals surface area contributed by atoms with Gasteiger partial charge in [-0.25, -0.2) is 0 Å². The smallest absolute Gasteiger partial charge is 0.0873 e. The summed E-state index contributed by atoms with van der Waals surface area (Å²) in [5.41, 5.74) is 0. The van der Waals surface area contributed by atoms with Crippen molar-refractivity contribution < 1.29 is 4.74 Å². The van der Waals surface area contributed by atoms with Gasteiger partial charge in [0.2, 0.25) is 0 Å². The van der Waals surface area contributed by atoms with Crippen molar-refractivity contribution >= 4 is 0 Å². The quantitative estimate of drug-likeness (QED) is 0.323. The van der Waals surface area contributed by atoms with Crippen molar-refractivity contribution in [1.82, 2.24) is 0 Å². The van der Waals surface area contributed by atoms with Crippen molar-refractivity contribution in [2.45, 2.75) is 71.6 Å². The lowest BCUT2D eigenvalue weighted by Crippen LogP contribution is -1.88. The Kier molecular flexibility index (Phi) is 12.2. The first-order valence-corrected chi connectivity index (χ1v) is 7.00. The van der Waals surface area contributed by atoms with Crippen LogP contribution in [0.3, 0.4) is 0 Å². The molecule has 0 aliphatic carbocycles. The van der Waals surface area contributed by atoms with E-state index in [0.717, 1.165) is 12.5 Å². The first-order chi connectivity index (χ1) is 7.77. The van der Waals surface area contributed by atoms with Crippen molar-refractivity contribution in [2.75, 3.05) is 6.61 Å². The summed E-state index contributed by atoms with van der Waals surface area (Å²) in [4.78, 5) is 0. The normalized spacial score (nSPS) is 10.7. The molecule has 0 aromatic carbocycles. The summed E-state index contributed by atoms with van der Waals surface area (Å²) in [5, 5.41) is 0. The van der Waals surface area contributed by atoms with Crippen LogP contribution in [0.15, 0.2) is 12.8 Å². The van der Waals surface area contributed by atoms with Gasteiger partial charge in [0.15, 0.2) is 0 Å². The first-order valence-electron chi connectivity index (χ1n) is 7.00. The first kappa shape index (κ1) is 15.5. The van der Waals surface area contributed by atoms with Crippen molar-refractivity contribution in [3.63, 3.8) is 0 Å². The van der Waals surface area contributed by atoms with Gasteiger partial charge >= 0.3 is 0 Å². The van der Waals surface area contributed by atoms with E-state index in [2.05, 4.69) is 20.4 Å². The lowest BCUT2D eigenvalue weighted by molar-refractivity contribution is 0.241. The van der Waals surface area contributed by atoms with E-state index in [0.29, 0.717) is 0 Å². The Morgan fingerprint density at radius 1 is 0.875 bits per heavy atom.